The summed E-state index contributed by atoms with van der Waals surface area (Å²) in [6.45, 7) is 4.75. The number of nitrogens with zero attached hydrogens (tertiary/aromatic N) is 4. The first-order valence-electron chi connectivity index (χ1n) is 7.93. The van der Waals surface area contributed by atoms with Gasteiger partial charge in [0, 0.05) is 7.05 Å². The van der Waals surface area contributed by atoms with E-state index in [-0.39, 0.29) is 30.4 Å². The third kappa shape index (κ3) is 3.44. The molecule has 0 radical (unpaired) electrons. The molecule has 1 atom stereocenters. The molecule has 0 bridgehead atoms. The van der Waals surface area contributed by atoms with Crippen LogP contribution in [0.3, 0.4) is 0 Å². The monoisotopic (exact) mass is 374 g/mol. The molecule has 24 heavy (non-hydrogen) atoms. The molecule has 134 valence electrons. The fraction of sp³-hybridized carbons (Fsp3) is 0.667. The van der Waals surface area contributed by atoms with Crippen LogP contribution in [0.1, 0.15) is 25.1 Å². The lowest BCUT2D eigenvalue weighted by atomic mass is 9.88. The van der Waals surface area contributed by atoms with Gasteiger partial charge in [0.05, 0.1) is 29.8 Å². The predicted molar refractivity (Wildman–Crippen MR) is 98.4 cm³/mol. The van der Waals surface area contributed by atoms with Crippen LogP contribution in [0.2, 0.25) is 0 Å². The van der Waals surface area contributed by atoms with Crippen LogP contribution < -0.4 is 10.6 Å². The fourth-order valence-corrected chi connectivity index (χ4v) is 3.60. The Bertz CT molecular complexity index is 701. The van der Waals surface area contributed by atoms with Gasteiger partial charge in [0.2, 0.25) is 0 Å². The molecule has 4 rings (SSSR count). The SMILES string of the molecule is Cc1nc(NC2COC3(CCNCC3)C2)c2cnn(C)c2n1.Cl.Cl. The summed E-state index contributed by atoms with van der Waals surface area (Å²) in [5.74, 6) is 1.63. The zero-order valence-electron chi connectivity index (χ0n) is 13.9. The maximum absolute atomic E-state index is 6.15. The molecule has 2 aliphatic heterocycles. The van der Waals surface area contributed by atoms with Gasteiger partial charge in [-0.05, 0) is 39.3 Å². The number of rotatable bonds is 2. The molecule has 2 N–H and O–H groups in total. The number of hydrogen-bond acceptors (Lipinski definition) is 6. The lowest BCUT2D eigenvalue weighted by Crippen LogP contribution is -2.41. The van der Waals surface area contributed by atoms with E-state index in [0.29, 0.717) is 6.04 Å². The molecule has 0 aromatic carbocycles. The molecular formula is C15H24Cl2N6O. The second-order valence-electron chi connectivity index (χ2n) is 6.41. The molecule has 0 saturated carbocycles. The molecule has 2 saturated heterocycles. The Labute approximate surface area is 153 Å². The molecular weight excluding hydrogens is 351 g/mol. The molecule has 2 fully saturated rings. The van der Waals surface area contributed by atoms with Gasteiger partial charge in [-0.1, -0.05) is 0 Å². The number of halogens is 2. The summed E-state index contributed by atoms with van der Waals surface area (Å²) < 4.78 is 7.93. The average molecular weight is 375 g/mol. The molecule has 1 spiro atoms. The second kappa shape index (κ2) is 7.39. The third-order valence-corrected chi connectivity index (χ3v) is 4.77. The van der Waals surface area contributed by atoms with Crippen LogP contribution in [0.15, 0.2) is 6.20 Å². The van der Waals surface area contributed by atoms with Gasteiger partial charge < -0.3 is 15.4 Å². The number of ether oxygens (including phenoxy) is 1. The molecule has 2 aliphatic rings. The normalized spacial score (nSPS) is 22.2. The summed E-state index contributed by atoms with van der Waals surface area (Å²) in [7, 11) is 1.90. The van der Waals surface area contributed by atoms with Crippen molar-refractivity contribution in [2.75, 3.05) is 25.0 Å². The zero-order chi connectivity index (χ0) is 15.2. The number of anilines is 1. The third-order valence-electron chi connectivity index (χ3n) is 4.77. The minimum atomic E-state index is 0. The van der Waals surface area contributed by atoms with Crippen molar-refractivity contribution in [3.05, 3.63) is 12.0 Å². The van der Waals surface area contributed by atoms with Crippen molar-refractivity contribution in [2.45, 2.75) is 37.8 Å². The Kier molecular flexibility index (Phi) is 5.91. The number of nitrogens with one attached hydrogen (secondary N) is 2. The summed E-state index contributed by atoms with van der Waals surface area (Å²) in [5.41, 5.74) is 0.921. The Morgan fingerprint density at radius 2 is 2.04 bits per heavy atom. The molecule has 4 heterocycles. The minimum absolute atomic E-state index is 0. The van der Waals surface area contributed by atoms with Crippen LogP contribution in [-0.2, 0) is 11.8 Å². The fourth-order valence-electron chi connectivity index (χ4n) is 3.60. The van der Waals surface area contributed by atoms with E-state index in [0.717, 1.165) is 61.6 Å². The van der Waals surface area contributed by atoms with Gasteiger partial charge >= 0.3 is 0 Å². The summed E-state index contributed by atoms with van der Waals surface area (Å²) in [6, 6.07) is 0.302. The number of aryl methyl sites for hydroxylation is 2. The highest BCUT2D eigenvalue weighted by molar-refractivity contribution is 5.86. The van der Waals surface area contributed by atoms with E-state index in [1.54, 1.807) is 4.68 Å². The highest BCUT2D eigenvalue weighted by atomic mass is 35.5. The predicted octanol–water partition coefficient (Wildman–Crippen LogP) is 1.84. The van der Waals surface area contributed by atoms with Gasteiger partial charge in [0.15, 0.2) is 5.65 Å². The van der Waals surface area contributed by atoms with Gasteiger partial charge in [-0.2, -0.15) is 5.10 Å². The number of piperidine rings is 1. The van der Waals surface area contributed by atoms with Gasteiger partial charge in [-0.3, -0.25) is 4.68 Å². The maximum atomic E-state index is 6.15. The van der Waals surface area contributed by atoms with Crippen LogP contribution in [0.4, 0.5) is 5.82 Å². The zero-order valence-corrected chi connectivity index (χ0v) is 15.5. The Morgan fingerprint density at radius 3 is 2.79 bits per heavy atom. The molecule has 1 unspecified atom stereocenters. The van der Waals surface area contributed by atoms with E-state index in [1.807, 2.05) is 20.2 Å². The van der Waals surface area contributed by atoms with E-state index >= 15 is 0 Å². The van der Waals surface area contributed by atoms with E-state index in [9.17, 15) is 0 Å². The quantitative estimate of drug-likeness (QED) is 0.834. The number of aromatic nitrogens is 4. The highest BCUT2D eigenvalue weighted by Gasteiger charge is 2.41. The Balaban J connectivity index is 0.00000104. The number of hydrogen-bond donors (Lipinski definition) is 2. The van der Waals surface area contributed by atoms with Crippen molar-refractivity contribution in [3.8, 4) is 0 Å². The summed E-state index contributed by atoms with van der Waals surface area (Å²) in [5, 5.41) is 12.2. The summed E-state index contributed by atoms with van der Waals surface area (Å²) >= 11 is 0. The lowest BCUT2D eigenvalue weighted by Gasteiger charge is -2.32. The topological polar surface area (TPSA) is 76.9 Å². The van der Waals surface area contributed by atoms with Crippen molar-refractivity contribution >= 4 is 41.7 Å². The molecule has 0 amide bonds. The molecule has 9 heteroatoms. The van der Waals surface area contributed by atoms with Crippen molar-refractivity contribution in [1.29, 1.82) is 0 Å². The van der Waals surface area contributed by atoms with Gasteiger partial charge in [0.1, 0.15) is 11.6 Å². The largest absolute Gasteiger partial charge is 0.373 e. The van der Waals surface area contributed by atoms with Crippen LogP contribution in [-0.4, -0.2) is 51.1 Å². The first-order valence-corrected chi connectivity index (χ1v) is 7.93. The van der Waals surface area contributed by atoms with Crippen molar-refractivity contribution < 1.29 is 4.74 Å². The lowest BCUT2D eigenvalue weighted by molar-refractivity contribution is -0.0192. The van der Waals surface area contributed by atoms with Crippen LogP contribution in [0, 0.1) is 6.92 Å². The van der Waals surface area contributed by atoms with E-state index in [2.05, 4.69) is 25.7 Å². The van der Waals surface area contributed by atoms with Gasteiger partial charge in [0.25, 0.3) is 0 Å². The molecule has 0 aliphatic carbocycles. The van der Waals surface area contributed by atoms with Crippen molar-refractivity contribution in [2.24, 2.45) is 7.05 Å². The van der Waals surface area contributed by atoms with Crippen molar-refractivity contribution in [3.63, 3.8) is 0 Å². The second-order valence-corrected chi connectivity index (χ2v) is 6.41. The van der Waals surface area contributed by atoms with E-state index in [4.69, 9.17) is 4.74 Å². The van der Waals surface area contributed by atoms with Gasteiger partial charge in [-0.25, -0.2) is 9.97 Å². The van der Waals surface area contributed by atoms with Crippen LogP contribution in [0.25, 0.3) is 11.0 Å². The average Bonchev–Trinajstić information content (AvgIpc) is 3.05. The molecule has 2 aromatic rings. The summed E-state index contributed by atoms with van der Waals surface area (Å²) in [6.07, 6.45) is 5.05. The first-order chi connectivity index (χ1) is 10.7. The van der Waals surface area contributed by atoms with E-state index < -0.39 is 0 Å². The summed E-state index contributed by atoms with van der Waals surface area (Å²) in [4.78, 5) is 9.03. The van der Waals surface area contributed by atoms with Crippen LogP contribution in [0.5, 0.6) is 0 Å². The van der Waals surface area contributed by atoms with Crippen molar-refractivity contribution in [1.82, 2.24) is 25.1 Å². The molecule has 7 nitrogen and oxygen atoms in total. The standard InChI is InChI=1S/C15H22N6O.2ClH/c1-10-18-13(12-8-17-21(2)14(12)19-10)20-11-7-15(22-9-11)3-5-16-6-4-15;;/h8,11,16H,3-7,9H2,1-2H3,(H,18,19,20);2*1H. The van der Waals surface area contributed by atoms with Gasteiger partial charge in [-0.15, -0.1) is 24.8 Å². The first kappa shape index (κ1) is 19.2. The Hall–Kier alpha value is -1.15. The maximum Gasteiger partial charge on any atom is 0.163 e. The Morgan fingerprint density at radius 1 is 1.29 bits per heavy atom. The van der Waals surface area contributed by atoms with Crippen LogP contribution >= 0.6 is 24.8 Å². The molecule has 2 aromatic heterocycles. The van der Waals surface area contributed by atoms with E-state index in [1.165, 1.54) is 0 Å². The smallest absolute Gasteiger partial charge is 0.163 e. The minimum Gasteiger partial charge on any atom is -0.373 e. The number of fused-ring (bicyclic) bond motifs is 1. The highest BCUT2D eigenvalue weighted by Crippen LogP contribution is 2.35.